The average Bonchev–Trinajstić information content (AvgIpc) is 3.11. The number of carbonyl (C=O) groups excluding carboxylic acids is 2. The Morgan fingerprint density at radius 2 is 1.67 bits per heavy atom. The second-order valence-corrected chi connectivity index (χ2v) is 8.71. The summed E-state index contributed by atoms with van der Waals surface area (Å²) in [6, 6.07) is 11.8. The number of aryl methyl sites for hydroxylation is 3. The minimum absolute atomic E-state index is 0.0211. The van der Waals surface area contributed by atoms with Crippen molar-refractivity contribution >= 4 is 17.5 Å². The number of piperazine rings is 1. The van der Waals surface area contributed by atoms with Crippen LogP contribution in [0.1, 0.15) is 32.9 Å². The van der Waals surface area contributed by atoms with Gasteiger partial charge in [-0.1, -0.05) is 18.2 Å². The molecule has 0 atom stereocenters. The molecule has 0 bridgehead atoms. The van der Waals surface area contributed by atoms with Gasteiger partial charge in [-0.15, -0.1) is 0 Å². The van der Waals surface area contributed by atoms with Crippen molar-refractivity contribution in [1.82, 2.24) is 19.4 Å². The molecule has 0 aliphatic carbocycles. The predicted molar refractivity (Wildman–Crippen MR) is 130 cm³/mol. The van der Waals surface area contributed by atoms with Crippen LogP contribution in [0, 0.1) is 27.7 Å². The number of hydrogen-bond donors (Lipinski definition) is 1. The number of amides is 2. The number of anilines is 1. The van der Waals surface area contributed by atoms with Crippen molar-refractivity contribution in [3.8, 4) is 5.69 Å². The van der Waals surface area contributed by atoms with Crippen LogP contribution in [-0.2, 0) is 4.79 Å². The summed E-state index contributed by atoms with van der Waals surface area (Å²) in [6.45, 7) is 10.9. The molecule has 1 aromatic carbocycles. The summed E-state index contributed by atoms with van der Waals surface area (Å²) >= 11 is 0. The molecule has 1 saturated heterocycles. The molecule has 7 heteroatoms. The van der Waals surface area contributed by atoms with Gasteiger partial charge >= 0.3 is 0 Å². The normalized spacial score (nSPS) is 14.4. The van der Waals surface area contributed by atoms with Crippen molar-refractivity contribution in [2.75, 3.05) is 38.0 Å². The van der Waals surface area contributed by atoms with Gasteiger partial charge in [0.15, 0.2) is 0 Å². The maximum absolute atomic E-state index is 13.3. The summed E-state index contributed by atoms with van der Waals surface area (Å²) in [5.74, 6) is 0.0186. The lowest BCUT2D eigenvalue weighted by molar-refractivity contribution is -0.117. The first-order valence-corrected chi connectivity index (χ1v) is 11.3. The highest BCUT2D eigenvalue weighted by molar-refractivity contribution is 5.96. The summed E-state index contributed by atoms with van der Waals surface area (Å²) in [5, 5.41) is 3.05. The van der Waals surface area contributed by atoms with Crippen molar-refractivity contribution in [3.05, 3.63) is 76.9 Å². The molecule has 3 aromatic rings. The molecular formula is C26H31N5O2. The van der Waals surface area contributed by atoms with Crippen LogP contribution >= 0.6 is 0 Å². The summed E-state index contributed by atoms with van der Waals surface area (Å²) in [5.41, 5.74) is 6.60. The second-order valence-electron chi connectivity index (χ2n) is 8.71. The van der Waals surface area contributed by atoms with E-state index in [0.29, 0.717) is 32.7 Å². The molecule has 0 spiro atoms. The third-order valence-electron chi connectivity index (χ3n) is 6.34. The first kappa shape index (κ1) is 22.7. The molecule has 0 radical (unpaired) electrons. The van der Waals surface area contributed by atoms with Gasteiger partial charge in [-0.05, 0) is 57.0 Å². The second kappa shape index (κ2) is 9.58. The molecule has 2 aromatic heterocycles. The van der Waals surface area contributed by atoms with E-state index in [1.165, 1.54) is 0 Å². The molecule has 0 unspecified atom stereocenters. The van der Waals surface area contributed by atoms with Crippen LogP contribution in [0.3, 0.4) is 0 Å². The van der Waals surface area contributed by atoms with E-state index >= 15 is 0 Å². The van der Waals surface area contributed by atoms with Gasteiger partial charge < -0.3 is 14.8 Å². The van der Waals surface area contributed by atoms with E-state index in [4.69, 9.17) is 0 Å². The standard InChI is InChI=1S/C26H31N5O2/c1-18-7-5-8-19(2)25(18)28-24(32)17-29-11-13-30(14-12-29)26(33)23-15-20(3)31(21(23)4)22-9-6-10-27-16-22/h5-10,15-16H,11-14,17H2,1-4H3,(H,28,32). The minimum Gasteiger partial charge on any atom is -0.336 e. The Morgan fingerprint density at radius 3 is 2.30 bits per heavy atom. The number of nitrogens with zero attached hydrogens (tertiary/aromatic N) is 4. The molecule has 1 fully saturated rings. The Morgan fingerprint density at radius 1 is 0.970 bits per heavy atom. The van der Waals surface area contributed by atoms with Crippen LogP contribution in [0.15, 0.2) is 48.8 Å². The average molecular weight is 446 g/mol. The lowest BCUT2D eigenvalue weighted by atomic mass is 10.1. The van der Waals surface area contributed by atoms with Crippen molar-refractivity contribution in [1.29, 1.82) is 0 Å². The van der Waals surface area contributed by atoms with E-state index in [9.17, 15) is 9.59 Å². The smallest absolute Gasteiger partial charge is 0.255 e. The minimum atomic E-state index is -0.0211. The molecule has 1 aliphatic heterocycles. The number of para-hydroxylation sites is 1. The summed E-state index contributed by atoms with van der Waals surface area (Å²) < 4.78 is 2.06. The maximum atomic E-state index is 13.3. The Kier molecular flexibility index (Phi) is 6.60. The third kappa shape index (κ3) is 4.83. The molecule has 1 aliphatic rings. The topological polar surface area (TPSA) is 70.5 Å². The Hall–Kier alpha value is -3.45. The van der Waals surface area contributed by atoms with Crippen LogP contribution in [0.2, 0.25) is 0 Å². The first-order chi connectivity index (χ1) is 15.8. The molecule has 3 heterocycles. The Bertz CT molecular complexity index is 1140. The van der Waals surface area contributed by atoms with Crippen LogP contribution in [0.4, 0.5) is 5.69 Å². The van der Waals surface area contributed by atoms with Crippen molar-refractivity contribution in [2.24, 2.45) is 0 Å². The maximum Gasteiger partial charge on any atom is 0.255 e. The van der Waals surface area contributed by atoms with Crippen LogP contribution < -0.4 is 5.32 Å². The molecule has 1 N–H and O–H groups in total. The van der Waals surface area contributed by atoms with Gasteiger partial charge in [-0.2, -0.15) is 0 Å². The molecule has 7 nitrogen and oxygen atoms in total. The van der Waals surface area contributed by atoms with E-state index in [0.717, 1.165) is 39.5 Å². The highest BCUT2D eigenvalue weighted by Crippen LogP contribution is 2.22. The zero-order chi connectivity index (χ0) is 23.5. The molecule has 172 valence electrons. The zero-order valence-electron chi connectivity index (χ0n) is 19.8. The number of rotatable bonds is 5. The zero-order valence-corrected chi connectivity index (χ0v) is 19.8. The summed E-state index contributed by atoms with van der Waals surface area (Å²) in [7, 11) is 0. The lowest BCUT2D eigenvalue weighted by Crippen LogP contribution is -2.50. The fraction of sp³-hybridized carbons (Fsp3) is 0.346. The van der Waals surface area contributed by atoms with Crippen LogP contribution in [0.25, 0.3) is 5.69 Å². The van der Waals surface area contributed by atoms with Gasteiger partial charge in [0.05, 0.1) is 24.0 Å². The highest BCUT2D eigenvalue weighted by Gasteiger charge is 2.26. The number of aromatic nitrogens is 2. The number of benzene rings is 1. The number of nitrogens with one attached hydrogen (secondary N) is 1. The Labute approximate surface area is 195 Å². The monoisotopic (exact) mass is 445 g/mol. The number of hydrogen-bond acceptors (Lipinski definition) is 4. The summed E-state index contributed by atoms with van der Waals surface area (Å²) in [6.07, 6.45) is 3.54. The quantitative estimate of drug-likeness (QED) is 0.653. The molecule has 4 rings (SSSR count). The van der Waals surface area contributed by atoms with E-state index in [-0.39, 0.29) is 11.8 Å². The van der Waals surface area contributed by atoms with E-state index < -0.39 is 0 Å². The molecular weight excluding hydrogens is 414 g/mol. The first-order valence-electron chi connectivity index (χ1n) is 11.3. The molecule has 0 saturated carbocycles. The lowest BCUT2D eigenvalue weighted by Gasteiger charge is -2.34. The molecule has 33 heavy (non-hydrogen) atoms. The number of pyridine rings is 1. The third-order valence-corrected chi connectivity index (χ3v) is 6.34. The van der Waals surface area contributed by atoms with Crippen molar-refractivity contribution in [2.45, 2.75) is 27.7 Å². The summed E-state index contributed by atoms with van der Waals surface area (Å²) in [4.78, 5) is 34.0. The predicted octanol–water partition coefficient (Wildman–Crippen LogP) is 3.50. The fourth-order valence-corrected chi connectivity index (χ4v) is 4.54. The van der Waals surface area contributed by atoms with Crippen LogP contribution in [0.5, 0.6) is 0 Å². The van der Waals surface area contributed by atoms with Gasteiger partial charge in [0.1, 0.15) is 0 Å². The van der Waals surface area contributed by atoms with Crippen LogP contribution in [-0.4, -0.2) is 63.9 Å². The largest absolute Gasteiger partial charge is 0.336 e. The van der Waals surface area contributed by atoms with E-state index in [2.05, 4.69) is 19.8 Å². The van der Waals surface area contributed by atoms with Gasteiger partial charge in [-0.3, -0.25) is 19.5 Å². The highest BCUT2D eigenvalue weighted by atomic mass is 16.2. The van der Waals surface area contributed by atoms with Gasteiger partial charge in [-0.25, -0.2) is 0 Å². The SMILES string of the molecule is Cc1cccc(C)c1NC(=O)CN1CCN(C(=O)c2cc(C)n(-c3cccnc3)c2C)CC1. The molecule has 2 amide bonds. The fourth-order valence-electron chi connectivity index (χ4n) is 4.54. The van der Waals surface area contributed by atoms with Crippen molar-refractivity contribution in [3.63, 3.8) is 0 Å². The number of carbonyl (C=O) groups is 2. The van der Waals surface area contributed by atoms with Gasteiger partial charge in [0, 0.05) is 49.5 Å². The van der Waals surface area contributed by atoms with Crippen molar-refractivity contribution < 1.29 is 9.59 Å². The van der Waals surface area contributed by atoms with Gasteiger partial charge in [0.2, 0.25) is 5.91 Å². The van der Waals surface area contributed by atoms with E-state index in [1.807, 2.05) is 69.0 Å². The Balaban J connectivity index is 1.36. The van der Waals surface area contributed by atoms with E-state index in [1.54, 1.807) is 12.4 Å². The van der Waals surface area contributed by atoms with Gasteiger partial charge in [0.25, 0.3) is 5.91 Å².